The summed E-state index contributed by atoms with van der Waals surface area (Å²) in [5, 5.41) is 42.4. The summed E-state index contributed by atoms with van der Waals surface area (Å²) in [4.78, 5) is 74.1. The van der Waals surface area contributed by atoms with Crippen LogP contribution < -0.4 is 21.3 Å². The van der Waals surface area contributed by atoms with Crippen molar-refractivity contribution >= 4 is 109 Å². The molecule has 4 N–H and O–H groups in total. The second-order valence-electron chi connectivity index (χ2n) is 34.1. The third-order valence-corrected chi connectivity index (χ3v) is 47.5. The van der Waals surface area contributed by atoms with Crippen molar-refractivity contribution in [2.24, 2.45) is 10.2 Å². The minimum Gasteiger partial charge on any atom is -0.455 e. The molecule has 4 amide bonds. The number of thioether (sulfide) groups is 3. The molecule has 46 heteroatoms. The molecule has 0 radical (unpaired) electrons. The van der Waals surface area contributed by atoms with E-state index in [0.29, 0.717) is 191 Å². The van der Waals surface area contributed by atoms with E-state index in [9.17, 15) is 19.2 Å². The zero-order valence-electron chi connectivity index (χ0n) is 76.6. The van der Waals surface area contributed by atoms with Crippen LogP contribution in [0.15, 0.2) is 87.0 Å². The molecule has 125 heavy (non-hydrogen) atoms. The molecule has 6 rings (SSSR count). The Kier molecular flexibility index (Phi) is 51.1. The van der Waals surface area contributed by atoms with Gasteiger partial charge >= 0.3 is 0 Å². The molecule has 0 bridgehead atoms. The van der Waals surface area contributed by atoms with Gasteiger partial charge in [0.15, 0.2) is 65.4 Å². The minimum atomic E-state index is -1.98. The molecule has 0 aliphatic carbocycles. The van der Waals surface area contributed by atoms with Crippen LogP contribution >= 0.6 is 35.3 Å². The topological polar surface area (TPSA) is 418 Å². The summed E-state index contributed by atoms with van der Waals surface area (Å²) in [6, 6.07) is 2.77. The molecule has 702 valence electrons. The number of ether oxygens (including phenoxy) is 12. The third kappa shape index (κ3) is 51.6. The van der Waals surface area contributed by atoms with E-state index in [2.05, 4.69) is 161 Å². The van der Waals surface area contributed by atoms with Crippen LogP contribution in [0.25, 0.3) is 0 Å². The smallest absolute Gasteiger partial charge is 0.217 e. The van der Waals surface area contributed by atoms with Crippen LogP contribution in [0, 0.1) is 0 Å². The molecule has 6 heterocycles. The standard InChI is InChI=1S/C79H140N18O19S3Si6/c1-65(98)80-21-17-41-120(5,6)114-123(11,12)62-117-76-83-45-69(46-84-76)53-108-38-35-105-32-29-102-26-20-72-44-73(91-90-72)56-111-59-79(89-68(4)101,60-112-57-74-51-96(94-92-74)24-27-103-30-33-106-36-39-109-54-70-47-85-77(86-48-70)118-63-124(13,14)115-121(7,8)42-18-22-81-66(2)99)61-113-58-75-52-97(95-93-75)25-28-104-31-34-107-37-40-110-55-71-49-87-78(88-50-71)119-64-125(15,16)116-122(9,10)43-19-23-82-67(3)100/h44-52,72H,17-43,53-64H2,1-16H3,(H,80,98)(H,81,99)(H,82,100)(H,89,101). The molecule has 5 aromatic heterocycles. The Bertz CT molecular complexity index is 3770. The number of aromatic nitrogens is 12. The highest BCUT2D eigenvalue weighted by Crippen LogP contribution is 2.29. The Hall–Kier alpha value is -5.51. The lowest BCUT2D eigenvalue weighted by molar-refractivity contribution is -0.126. The highest BCUT2D eigenvalue weighted by Gasteiger charge is 2.37. The Balaban J connectivity index is 0.870. The van der Waals surface area contributed by atoms with Gasteiger partial charge in [-0.1, -0.05) is 45.7 Å². The van der Waals surface area contributed by atoms with Gasteiger partial charge in [-0.15, -0.1) is 10.2 Å². The molecule has 1 aliphatic rings. The van der Waals surface area contributed by atoms with Crippen molar-refractivity contribution in [3.05, 3.63) is 89.4 Å². The van der Waals surface area contributed by atoms with E-state index < -0.39 is 55.4 Å². The van der Waals surface area contributed by atoms with Gasteiger partial charge in [-0.25, -0.2) is 39.3 Å². The number of carbonyl (C=O) groups excluding carboxylic acids is 4. The third-order valence-electron chi connectivity index (χ3n) is 18.1. The fraction of sp³-hybridized carbons (Fsp3) is 0.722. The molecule has 5 aromatic rings. The first-order valence-electron chi connectivity index (χ1n) is 42.9. The molecule has 0 spiro atoms. The van der Waals surface area contributed by atoms with Crippen LogP contribution in [0.4, 0.5) is 0 Å². The van der Waals surface area contributed by atoms with Crippen LogP contribution in [0.3, 0.4) is 0 Å². The van der Waals surface area contributed by atoms with Crippen molar-refractivity contribution in [3.63, 3.8) is 0 Å². The second kappa shape index (κ2) is 59.0. The summed E-state index contributed by atoms with van der Waals surface area (Å²) in [5.41, 5.74) is 3.22. The fourth-order valence-corrected chi connectivity index (χ4v) is 43.8. The monoisotopic (exact) mass is 1910 g/mol. The van der Waals surface area contributed by atoms with Crippen LogP contribution in [0.1, 0.15) is 81.5 Å². The van der Waals surface area contributed by atoms with Crippen LogP contribution in [-0.2, 0) is 134 Å². The first kappa shape index (κ1) is 108. The van der Waals surface area contributed by atoms with E-state index >= 15 is 0 Å². The SMILES string of the molecule is CC(=O)NCCC[Si](C)(C)O[Si](C)(C)CSc1ncc(COCCOCCOCCC2C=C(COCC(COCc3cn(CCOCCOCCOCc4cnc(SC[Si](C)(C)O[Si](C)(C)CCCNC(C)=O)nc4)nn3)(COCc3cn(CCOCCOCCOCc4cnc(SC[Si](C)(C)O[Si](C)(C)CCCNC(C)=O)nc4)nn3)NC(C)=O)N=N2)cn1. The van der Waals surface area contributed by atoms with Crippen molar-refractivity contribution in [2.75, 3.05) is 161 Å². The molecule has 37 nitrogen and oxygen atoms in total. The van der Waals surface area contributed by atoms with E-state index in [1.54, 1.807) is 115 Å². The first-order chi connectivity index (χ1) is 59.6. The normalized spacial score (nSPS) is 13.6. The van der Waals surface area contributed by atoms with Gasteiger partial charge in [0.2, 0.25) is 23.6 Å². The molecular weight excluding hydrogens is 1770 g/mol. The molecule has 1 aliphatic heterocycles. The Labute approximate surface area is 757 Å². The maximum Gasteiger partial charge on any atom is 0.217 e. The largest absolute Gasteiger partial charge is 0.455 e. The summed E-state index contributed by atoms with van der Waals surface area (Å²) in [7, 11) is -11.6. The Morgan fingerprint density at radius 1 is 0.384 bits per heavy atom. The van der Waals surface area contributed by atoms with Crippen molar-refractivity contribution in [2.45, 2.75) is 223 Å². The second-order valence-corrected chi connectivity index (χ2v) is 64.6. The van der Waals surface area contributed by atoms with Gasteiger partial charge < -0.3 is 90.5 Å². The lowest BCUT2D eigenvalue weighted by atomic mass is 10.0. The van der Waals surface area contributed by atoms with E-state index in [1.165, 1.54) is 6.92 Å². The highest BCUT2D eigenvalue weighted by atomic mass is 32.2. The quantitative estimate of drug-likeness (QED) is 0.0122. The average Bonchev–Trinajstić information content (AvgIpc) is 1.86. The van der Waals surface area contributed by atoms with Gasteiger partial charge in [0.05, 0.1) is 189 Å². The molecule has 1 unspecified atom stereocenters. The summed E-state index contributed by atoms with van der Waals surface area (Å²) in [6.07, 6.45) is 19.6. The number of carbonyl (C=O) groups is 4. The van der Waals surface area contributed by atoms with E-state index in [1.807, 2.05) is 6.08 Å². The molecule has 0 fully saturated rings. The number of nitrogens with one attached hydrogen (secondary N) is 4. The number of amides is 4. The first-order valence-corrected chi connectivity index (χ1v) is 64.5. The molecule has 0 saturated carbocycles. The van der Waals surface area contributed by atoms with E-state index in [0.717, 1.165) is 70.2 Å². The number of hydrogen-bond acceptors (Lipinski definition) is 34. The predicted molar refractivity (Wildman–Crippen MR) is 493 cm³/mol. The van der Waals surface area contributed by atoms with Gasteiger partial charge in [-0.2, -0.15) is 10.2 Å². The molecule has 1 atom stereocenters. The van der Waals surface area contributed by atoms with Crippen molar-refractivity contribution in [1.29, 1.82) is 0 Å². The summed E-state index contributed by atoms with van der Waals surface area (Å²) >= 11 is 4.86. The van der Waals surface area contributed by atoms with Crippen LogP contribution in [-0.4, -0.2) is 306 Å². The zero-order valence-corrected chi connectivity index (χ0v) is 85.0. The molecular formula is C79H140N18O19S3Si6. The maximum atomic E-state index is 13.0. The number of nitrogens with zero attached hydrogens (tertiary/aromatic N) is 14. The lowest BCUT2D eigenvalue weighted by Gasteiger charge is -2.33. The van der Waals surface area contributed by atoms with Crippen LogP contribution in [0.2, 0.25) is 96.7 Å². The zero-order chi connectivity index (χ0) is 90.7. The number of rotatable bonds is 73. The molecule has 0 aromatic carbocycles. The predicted octanol–water partition coefficient (Wildman–Crippen LogP) is 9.48. The van der Waals surface area contributed by atoms with E-state index in [-0.39, 0.29) is 69.3 Å². The van der Waals surface area contributed by atoms with Crippen molar-refractivity contribution < 1.29 is 88.4 Å². The summed E-state index contributed by atoms with van der Waals surface area (Å²) in [5.74, 6) is -0.334. The minimum absolute atomic E-state index is 0.00451. The number of azo groups is 1. The average molecular weight is 1910 g/mol. The van der Waals surface area contributed by atoms with Crippen LogP contribution in [0.5, 0.6) is 0 Å². The summed E-state index contributed by atoms with van der Waals surface area (Å²) in [6.45, 7) is 43.1. The molecule has 0 saturated heterocycles. The Morgan fingerprint density at radius 3 is 1.02 bits per heavy atom. The van der Waals surface area contributed by atoms with Gasteiger partial charge in [-0.05, 0) is 128 Å². The fourth-order valence-electron chi connectivity index (χ4n) is 12.8. The Morgan fingerprint density at radius 2 is 0.696 bits per heavy atom. The lowest BCUT2D eigenvalue weighted by Crippen LogP contribution is -2.58. The number of hydrogen-bond donors (Lipinski definition) is 4. The maximum absolute atomic E-state index is 13.0. The summed E-state index contributed by atoms with van der Waals surface area (Å²) < 4.78 is 94.7. The van der Waals surface area contributed by atoms with E-state index in [4.69, 9.17) is 69.2 Å². The van der Waals surface area contributed by atoms with Crippen molar-refractivity contribution in [3.8, 4) is 0 Å². The van der Waals surface area contributed by atoms with Crippen molar-refractivity contribution in [1.82, 2.24) is 81.2 Å². The highest BCUT2D eigenvalue weighted by molar-refractivity contribution is 8.01. The van der Waals surface area contributed by atoms with Gasteiger partial charge in [0.1, 0.15) is 16.9 Å². The van der Waals surface area contributed by atoms with Gasteiger partial charge in [0, 0.05) is 124 Å². The van der Waals surface area contributed by atoms with Gasteiger partial charge in [-0.3, -0.25) is 19.2 Å². The van der Waals surface area contributed by atoms with Gasteiger partial charge in [0.25, 0.3) is 0 Å².